The maximum atomic E-state index is 12.5. The molecule has 2 aliphatic heterocycles. The van der Waals surface area contributed by atoms with Gasteiger partial charge in [0.15, 0.2) is 5.66 Å². The molecule has 0 aromatic rings. The molecule has 1 saturated heterocycles. The number of carbonyl (C=O) groups is 2. The summed E-state index contributed by atoms with van der Waals surface area (Å²) in [5.41, 5.74) is 3.84. The van der Waals surface area contributed by atoms with Crippen molar-refractivity contribution in [1.29, 1.82) is 0 Å². The van der Waals surface area contributed by atoms with E-state index in [4.69, 9.17) is 5.73 Å². The van der Waals surface area contributed by atoms with E-state index >= 15 is 0 Å². The Morgan fingerprint density at radius 3 is 2.67 bits per heavy atom. The molecule has 2 heterocycles. The van der Waals surface area contributed by atoms with Gasteiger partial charge in [0.2, 0.25) is 5.91 Å². The highest BCUT2D eigenvalue weighted by Crippen LogP contribution is 2.60. The van der Waals surface area contributed by atoms with E-state index in [0.717, 1.165) is 0 Å². The van der Waals surface area contributed by atoms with Gasteiger partial charge in [-0.05, 0) is 45.5 Å². The van der Waals surface area contributed by atoms with E-state index in [-0.39, 0.29) is 12.1 Å². The van der Waals surface area contributed by atoms with E-state index in [9.17, 15) is 19.8 Å². The smallest absolute Gasteiger partial charge is 0.352 e. The summed E-state index contributed by atoms with van der Waals surface area (Å²) in [5, 5.41) is 19.4. The summed E-state index contributed by atoms with van der Waals surface area (Å²) >= 11 is 0. The summed E-state index contributed by atoms with van der Waals surface area (Å²) in [4.78, 5) is 29.2. The van der Waals surface area contributed by atoms with Crippen LogP contribution in [-0.2, 0) is 9.59 Å². The molecule has 4 N–H and O–H groups in total. The van der Waals surface area contributed by atoms with Crippen molar-refractivity contribution in [3.63, 3.8) is 0 Å². The van der Waals surface area contributed by atoms with E-state index in [1.807, 2.05) is 0 Å². The Morgan fingerprint density at radius 1 is 1.62 bits per heavy atom. The van der Waals surface area contributed by atoms with E-state index in [1.54, 1.807) is 6.92 Å². The number of nitrogens with two attached hydrogens (primary N) is 1. The number of carboxylic acid groups (broad SMARTS) is 1. The van der Waals surface area contributed by atoms with Crippen LogP contribution in [0.2, 0.25) is 0 Å². The fraction of sp³-hybridized carbons (Fsp3) is 0.643. The maximum Gasteiger partial charge on any atom is 0.352 e. The molecule has 7 nitrogen and oxygen atoms in total. The van der Waals surface area contributed by atoms with E-state index in [2.05, 4.69) is 11.7 Å². The molecule has 0 unspecified atom stereocenters. The predicted octanol–water partition coefficient (Wildman–Crippen LogP) is 0.0939. The predicted molar refractivity (Wildman–Crippen MR) is 76.5 cm³/mol. The third-order valence-corrected chi connectivity index (χ3v) is 4.85. The van der Waals surface area contributed by atoms with Crippen LogP contribution in [-0.4, -0.2) is 52.0 Å². The second-order valence-electron chi connectivity index (χ2n) is 5.82. The summed E-state index contributed by atoms with van der Waals surface area (Å²) in [6.45, 7) is 7.10. The van der Waals surface area contributed by atoms with Gasteiger partial charge in [0.25, 0.3) is 0 Å². The number of amides is 1. The zero-order valence-corrected chi connectivity index (χ0v) is 12.3. The van der Waals surface area contributed by atoms with Gasteiger partial charge in [-0.3, -0.25) is 14.7 Å². The first-order chi connectivity index (χ1) is 9.77. The molecule has 116 valence electrons. The maximum absolute atomic E-state index is 12.5. The van der Waals surface area contributed by atoms with Crippen LogP contribution >= 0.6 is 0 Å². The van der Waals surface area contributed by atoms with E-state index in [1.165, 1.54) is 11.8 Å². The van der Waals surface area contributed by atoms with E-state index < -0.39 is 29.1 Å². The fourth-order valence-electron chi connectivity index (χ4n) is 3.41. The Morgan fingerprint density at radius 2 is 2.24 bits per heavy atom. The number of fused-ring (bicyclic) bond motifs is 1. The average Bonchev–Trinajstić information content (AvgIpc) is 2.76. The Kier molecular flexibility index (Phi) is 3.67. The molecule has 0 radical (unpaired) electrons. The van der Waals surface area contributed by atoms with Gasteiger partial charge in [0.05, 0.1) is 6.10 Å². The number of hydrogen-bond donors (Lipinski definition) is 3. The lowest BCUT2D eigenvalue weighted by Crippen LogP contribution is -2.77. The van der Waals surface area contributed by atoms with Crippen LogP contribution in [0.4, 0.5) is 0 Å². The van der Waals surface area contributed by atoms with Gasteiger partial charge in [-0.2, -0.15) is 0 Å². The standard InChI is InChI=1S/C14H21N3O4/c1-8(18)13(2)12(21)17-10(11(19)20)9(5-4-6-15)7-14(13,17)16-3/h8,18H,3-7,15H2,1-2H3,(H,19,20)/t8-,13+,14-/m1/s1. The normalized spacial score (nSPS) is 32.8. The first-order valence-electron chi connectivity index (χ1n) is 6.94. The van der Waals surface area contributed by atoms with Crippen LogP contribution in [0.3, 0.4) is 0 Å². The Labute approximate surface area is 123 Å². The van der Waals surface area contributed by atoms with Crippen LogP contribution in [0.1, 0.15) is 33.1 Å². The molecule has 21 heavy (non-hydrogen) atoms. The highest BCUT2D eigenvalue weighted by Gasteiger charge is 2.74. The van der Waals surface area contributed by atoms with Crippen molar-refractivity contribution in [2.45, 2.75) is 44.9 Å². The van der Waals surface area contributed by atoms with Crippen LogP contribution in [0, 0.1) is 5.41 Å². The van der Waals surface area contributed by atoms with Crippen LogP contribution < -0.4 is 5.73 Å². The fourth-order valence-corrected chi connectivity index (χ4v) is 3.41. The number of nitrogens with zero attached hydrogens (tertiary/aromatic N) is 2. The lowest BCUT2D eigenvalue weighted by molar-refractivity contribution is -0.198. The number of hydrogen-bond acceptors (Lipinski definition) is 5. The van der Waals surface area contributed by atoms with Gasteiger partial charge >= 0.3 is 5.97 Å². The molecule has 1 amide bonds. The van der Waals surface area contributed by atoms with Gasteiger partial charge in [0.1, 0.15) is 11.1 Å². The number of carboxylic acids is 1. The van der Waals surface area contributed by atoms with Crippen molar-refractivity contribution in [3.8, 4) is 0 Å². The summed E-state index contributed by atoms with van der Waals surface area (Å²) in [7, 11) is 0. The third kappa shape index (κ3) is 1.70. The molecular formula is C14H21N3O4. The lowest BCUT2D eigenvalue weighted by Gasteiger charge is -2.59. The lowest BCUT2D eigenvalue weighted by atomic mass is 9.63. The highest BCUT2D eigenvalue weighted by molar-refractivity contribution is 6.03. The van der Waals surface area contributed by atoms with Crippen molar-refractivity contribution < 1.29 is 19.8 Å². The second kappa shape index (κ2) is 4.92. The quantitative estimate of drug-likeness (QED) is 0.474. The molecule has 2 aliphatic rings. The van der Waals surface area contributed by atoms with Gasteiger partial charge in [0, 0.05) is 6.42 Å². The minimum absolute atomic E-state index is 0.0287. The molecule has 3 atom stereocenters. The second-order valence-corrected chi connectivity index (χ2v) is 5.82. The van der Waals surface area contributed by atoms with Gasteiger partial charge in [-0.25, -0.2) is 4.79 Å². The first-order valence-corrected chi connectivity index (χ1v) is 6.94. The monoisotopic (exact) mass is 295 g/mol. The third-order valence-electron chi connectivity index (χ3n) is 4.85. The molecule has 0 aromatic carbocycles. The number of aliphatic carboxylic acids is 1. The molecule has 0 aromatic heterocycles. The molecule has 2 rings (SSSR count). The largest absolute Gasteiger partial charge is 0.477 e. The summed E-state index contributed by atoms with van der Waals surface area (Å²) in [6.07, 6.45) is 0.461. The first kappa shape index (κ1) is 15.7. The van der Waals surface area contributed by atoms with Crippen LogP contribution in [0.5, 0.6) is 0 Å². The number of rotatable bonds is 6. The summed E-state index contributed by atoms with van der Waals surface area (Å²) in [6, 6.07) is 0. The molecule has 0 bridgehead atoms. The number of aliphatic imine (C=N–C) groups is 1. The number of aliphatic hydroxyl groups is 1. The topological polar surface area (TPSA) is 116 Å². The van der Waals surface area contributed by atoms with E-state index in [0.29, 0.717) is 25.0 Å². The number of carbonyl (C=O) groups excluding carboxylic acids is 1. The minimum atomic E-state index is -1.16. The highest BCUT2D eigenvalue weighted by atomic mass is 16.4. The average molecular weight is 295 g/mol. The van der Waals surface area contributed by atoms with Crippen LogP contribution in [0.25, 0.3) is 0 Å². The van der Waals surface area contributed by atoms with Crippen molar-refractivity contribution in [3.05, 3.63) is 11.3 Å². The van der Waals surface area contributed by atoms with Gasteiger partial charge < -0.3 is 15.9 Å². The van der Waals surface area contributed by atoms with Gasteiger partial charge in [-0.1, -0.05) is 0 Å². The SMILES string of the molecule is C=N[C@]12CC(CCCN)=C(C(=O)O)N1C(=O)[C@]2(C)[C@@H](C)O. The van der Waals surface area contributed by atoms with Crippen molar-refractivity contribution in [1.82, 2.24) is 4.90 Å². The summed E-state index contributed by atoms with van der Waals surface area (Å²) in [5.74, 6) is -1.58. The molecular weight excluding hydrogens is 274 g/mol. The Balaban J connectivity index is 2.49. The Bertz CT molecular complexity index is 542. The van der Waals surface area contributed by atoms with Crippen molar-refractivity contribution in [2.75, 3.05) is 6.54 Å². The van der Waals surface area contributed by atoms with Crippen molar-refractivity contribution in [2.24, 2.45) is 16.1 Å². The zero-order chi connectivity index (χ0) is 16.0. The Hall–Kier alpha value is -1.73. The molecule has 0 aliphatic carbocycles. The molecule has 1 fully saturated rings. The summed E-state index contributed by atoms with van der Waals surface area (Å²) < 4.78 is 0. The van der Waals surface area contributed by atoms with Crippen LogP contribution in [0.15, 0.2) is 16.3 Å². The minimum Gasteiger partial charge on any atom is -0.477 e. The molecule has 0 saturated carbocycles. The number of β-lactam (4-membered cyclic amide) rings is 1. The van der Waals surface area contributed by atoms with Gasteiger partial charge in [-0.15, -0.1) is 0 Å². The zero-order valence-electron chi connectivity index (χ0n) is 12.3. The molecule has 7 heteroatoms. The number of aliphatic hydroxyl groups excluding tert-OH is 1. The molecule has 0 spiro atoms. The van der Waals surface area contributed by atoms with Crippen molar-refractivity contribution >= 4 is 18.6 Å².